The Balaban J connectivity index is 1.73. The van der Waals surface area contributed by atoms with Crippen molar-refractivity contribution in [2.75, 3.05) is 19.6 Å². The molecule has 5 nitrogen and oxygen atoms in total. The van der Waals surface area contributed by atoms with Gasteiger partial charge in [-0.3, -0.25) is 14.4 Å². The van der Waals surface area contributed by atoms with Gasteiger partial charge in [0.1, 0.15) is 11.5 Å². The summed E-state index contributed by atoms with van der Waals surface area (Å²) in [5, 5.41) is 7.45. The van der Waals surface area contributed by atoms with Gasteiger partial charge in [0.05, 0.1) is 11.7 Å². The number of nitrogens with one attached hydrogen (secondary N) is 1. The molecule has 1 unspecified atom stereocenters. The first-order valence-electron chi connectivity index (χ1n) is 9.27. The number of halogens is 1. The lowest BCUT2D eigenvalue weighted by atomic mass is 10.1. The number of rotatable bonds is 6. The molecule has 1 aliphatic rings. The monoisotopic (exact) mass is 358 g/mol. The number of nitrogens with zero attached hydrogens (tertiary/aromatic N) is 3. The van der Waals surface area contributed by atoms with Crippen molar-refractivity contribution in [1.82, 2.24) is 20.0 Å². The summed E-state index contributed by atoms with van der Waals surface area (Å²) >= 11 is 0. The maximum Gasteiger partial charge on any atom is 0.269 e. The van der Waals surface area contributed by atoms with Crippen molar-refractivity contribution in [3.05, 3.63) is 53.1 Å². The molecule has 0 saturated carbocycles. The van der Waals surface area contributed by atoms with E-state index in [9.17, 15) is 9.18 Å². The molecule has 0 aliphatic carbocycles. The minimum absolute atomic E-state index is 0.0554. The van der Waals surface area contributed by atoms with Gasteiger partial charge in [-0.05, 0) is 55.6 Å². The van der Waals surface area contributed by atoms with E-state index in [4.69, 9.17) is 0 Å². The fourth-order valence-electron chi connectivity index (χ4n) is 3.46. The summed E-state index contributed by atoms with van der Waals surface area (Å²) in [5.74, 6) is -0.0911. The molecule has 6 heteroatoms. The number of carbonyl (C=O) groups excluding carboxylic acids is 1. The Morgan fingerprint density at radius 1 is 1.23 bits per heavy atom. The maximum absolute atomic E-state index is 13.3. The molecular formula is C20H27FN4O. The molecule has 1 fully saturated rings. The standard InChI is InChI=1S/C20H27FN4O/c1-14(2)17-12-18(24(3)23-17)20(26)22-13-19(25-10-4-5-11-25)15-6-8-16(21)9-7-15/h6-9,12,14,19H,4-5,10-11,13H2,1-3H3,(H,22,26). The fraction of sp³-hybridized carbons (Fsp3) is 0.500. The summed E-state index contributed by atoms with van der Waals surface area (Å²) < 4.78 is 14.9. The molecule has 1 N–H and O–H groups in total. The Morgan fingerprint density at radius 2 is 1.88 bits per heavy atom. The van der Waals surface area contributed by atoms with Crippen molar-refractivity contribution < 1.29 is 9.18 Å². The molecule has 140 valence electrons. The molecular weight excluding hydrogens is 331 g/mol. The van der Waals surface area contributed by atoms with Gasteiger partial charge in [-0.15, -0.1) is 0 Å². The van der Waals surface area contributed by atoms with Crippen LogP contribution in [0.2, 0.25) is 0 Å². The van der Waals surface area contributed by atoms with E-state index < -0.39 is 0 Å². The van der Waals surface area contributed by atoms with Crippen LogP contribution in [0.3, 0.4) is 0 Å². The minimum Gasteiger partial charge on any atom is -0.349 e. The van der Waals surface area contributed by atoms with E-state index >= 15 is 0 Å². The molecule has 1 aliphatic heterocycles. The summed E-state index contributed by atoms with van der Waals surface area (Å²) in [7, 11) is 1.79. The van der Waals surface area contributed by atoms with Crippen LogP contribution in [0.1, 0.15) is 60.4 Å². The van der Waals surface area contributed by atoms with E-state index in [-0.39, 0.29) is 23.7 Å². The second kappa shape index (κ2) is 7.99. The number of hydrogen-bond acceptors (Lipinski definition) is 3. The normalized spacial score (nSPS) is 16.2. The van der Waals surface area contributed by atoms with Gasteiger partial charge in [-0.1, -0.05) is 26.0 Å². The van der Waals surface area contributed by atoms with Crippen LogP contribution in [0.15, 0.2) is 30.3 Å². The minimum atomic E-state index is -0.242. The summed E-state index contributed by atoms with van der Waals surface area (Å²) in [6.45, 7) is 6.61. The molecule has 2 aromatic rings. The molecule has 2 heterocycles. The molecule has 1 atom stereocenters. The maximum atomic E-state index is 13.3. The largest absolute Gasteiger partial charge is 0.349 e. The third-order valence-corrected chi connectivity index (χ3v) is 5.02. The zero-order chi connectivity index (χ0) is 18.7. The number of amides is 1. The molecule has 3 rings (SSSR count). The topological polar surface area (TPSA) is 50.2 Å². The van der Waals surface area contributed by atoms with Crippen LogP contribution in [0.25, 0.3) is 0 Å². The Morgan fingerprint density at radius 3 is 2.46 bits per heavy atom. The van der Waals surface area contributed by atoms with Crippen LogP contribution in [0, 0.1) is 5.82 Å². The third kappa shape index (κ3) is 4.12. The van der Waals surface area contributed by atoms with Crippen LogP contribution in [-0.2, 0) is 7.05 Å². The van der Waals surface area contributed by atoms with Crippen molar-refractivity contribution in [3.8, 4) is 0 Å². The highest BCUT2D eigenvalue weighted by molar-refractivity contribution is 5.92. The molecule has 1 aromatic heterocycles. The number of benzene rings is 1. The molecule has 1 amide bonds. The quantitative estimate of drug-likeness (QED) is 0.862. The van der Waals surface area contributed by atoms with Gasteiger partial charge < -0.3 is 5.32 Å². The highest BCUT2D eigenvalue weighted by Gasteiger charge is 2.25. The van der Waals surface area contributed by atoms with Gasteiger partial charge >= 0.3 is 0 Å². The molecule has 0 radical (unpaired) electrons. The number of likely N-dealkylation sites (tertiary alicyclic amines) is 1. The Kier molecular flexibility index (Phi) is 5.71. The Bertz CT molecular complexity index is 748. The lowest BCUT2D eigenvalue weighted by molar-refractivity contribution is 0.0928. The van der Waals surface area contributed by atoms with Gasteiger partial charge in [0, 0.05) is 13.6 Å². The average Bonchev–Trinajstić information content (AvgIpc) is 3.26. The van der Waals surface area contributed by atoms with Gasteiger partial charge in [0.25, 0.3) is 5.91 Å². The molecule has 0 spiro atoms. The fourth-order valence-corrected chi connectivity index (χ4v) is 3.46. The zero-order valence-electron chi connectivity index (χ0n) is 15.7. The first kappa shape index (κ1) is 18.6. The van der Waals surface area contributed by atoms with Crippen LogP contribution in [0.4, 0.5) is 4.39 Å². The third-order valence-electron chi connectivity index (χ3n) is 5.02. The first-order chi connectivity index (χ1) is 12.5. The highest BCUT2D eigenvalue weighted by atomic mass is 19.1. The van der Waals surface area contributed by atoms with Crippen molar-refractivity contribution in [1.29, 1.82) is 0 Å². The lowest BCUT2D eigenvalue weighted by Crippen LogP contribution is -2.37. The van der Waals surface area contributed by atoms with Crippen LogP contribution in [-0.4, -0.2) is 40.2 Å². The summed E-state index contributed by atoms with van der Waals surface area (Å²) in [6, 6.07) is 8.49. The highest BCUT2D eigenvalue weighted by Crippen LogP contribution is 2.25. The second-order valence-corrected chi connectivity index (χ2v) is 7.25. The summed E-state index contributed by atoms with van der Waals surface area (Å²) in [5.41, 5.74) is 2.50. The van der Waals surface area contributed by atoms with Gasteiger partial charge in [-0.2, -0.15) is 5.10 Å². The van der Waals surface area contributed by atoms with E-state index in [1.54, 1.807) is 11.7 Å². The van der Waals surface area contributed by atoms with Gasteiger partial charge in [0.2, 0.25) is 0 Å². The predicted octanol–water partition coefficient (Wildman–Crippen LogP) is 3.25. The van der Waals surface area contributed by atoms with Crippen molar-refractivity contribution >= 4 is 5.91 Å². The van der Waals surface area contributed by atoms with E-state index in [1.807, 2.05) is 18.2 Å². The van der Waals surface area contributed by atoms with Crippen LogP contribution < -0.4 is 5.32 Å². The van der Waals surface area contributed by atoms with Crippen molar-refractivity contribution in [2.24, 2.45) is 7.05 Å². The van der Waals surface area contributed by atoms with Crippen LogP contribution >= 0.6 is 0 Å². The summed E-state index contributed by atoms with van der Waals surface area (Å²) in [6.07, 6.45) is 2.32. The van der Waals surface area contributed by atoms with Crippen molar-refractivity contribution in [3.63, 3.8) is 0 Å². The van der Waals surface area contributed by atoms with E-state index in [2.05, 4.69) is 29.2 Å². The Labute approximate surface area is 154 Å². The molecule has 0 bridgehead atoms. The summed E-state index contributed by atoms with van der Waals surface area (Å²) in [4.78, 5) is 15.0. The average molecular weight is 358 g/mol. The Hall–Kier alpha value is -2.21. The van der Waals surface area contributed by atoms with Gasteiger partial charge in [0.15, 0.2) is 0 Å². The predicted molar refractivity (Wildman–Crippen MR) is 99.6 cm³/mol. The van der Waals surface area contributed by atoms with E-state index in [0.29, 0.717) is 12.2 Å². The number of aryl methyl sites for hydroxylation is 1. The SMILES string of the molecule is CC(C)c1cc(C(=O)NCC(c2ccc(F)cc2)N2CCCC2)n(C)n1. The van der Waals surface area contributed by atoms with Crippen LogP contribution in [0.5, 0.6) is 0 Å². The van der Waals surface area contributed by atoms with E-state index in [0.717, 1.165) is 37.2 Å². The number of carbonyl (C=O) groups is 1. The number of aromatic nitrogens is 2. The lowest BCUT2D eigenvalue weighted by Gasteiger charge is -2.28. The number of hydrogen-bond donors (Lipinski definition) is 1. The first-order valence-corrected chi connectivity index (χ1v) is 9.27. The zero-order valence-corrected chi connectivity index (χ0v) is 15.7. The van der Waals surface area contributed by atoms with Crippen molar-refractivity contribution in [2.45, 2.75) is 38.6 Å². The molecule has 1 aromatic carbocycles. The second-order valence-electron chi connectivity index (χ2n) is 7.25. The van der Waals surface area contributed by atoms with E-state index in [1.165, 1.54) is 12.1 Å². The van der Waals surface area contributed by atoms with Gasteiger partial charge in [-0.25, -0.2) is 4.39 Å². The molecule has 1 saturated heterocycles. The smallest absolute Gasteiger partial charge is 0.269 e. The molecule has 26 heavy (non-hydrogen) atoms.